The third-order valence-electron chi connectivity index (χ3n) is 6.38. The zero-order valence-corrected chi connectivity index (χ0v) is 23.2. The predicted octanol–water partition coefficient (Wildman–Crippen LogP) is -1.23. The zero-order chi connectivity index (χ0) is 29.6. The average molecular weight is 635 g/mol. The van der Waals surface area contributed by atoms with Crippen LogP contribution < -0.4 is 5.73 Å². The lowest BCUT2D eigenvalue weighted by Crippen LogP contribution is -2.35. The summed E-state index contributed by atoms with van der Waals surface area (Å²) in [7, 11) is -15.9. The molecular formula is C17H28N5O15P3. The van der Waals surface area contributed by atoms with E-state index < -0.39 is 79.3 Å². The zero-order valence-electron chi connectivity index (χ0n) is 20.5. The van der Waals surface area contributed by atoms with E-state index in [-0.39, 0.29) is 29.3 Å². The Bertz CT molecular complexity index is 1360. The second kappa shape index (κ2) is 11.7. The van der Waals surface area contributed by atoms with Crippen LogP contribution in [0.1, 0.15) is 19.6 Å². The van der Waals surface area contributed by atoms with Crippen molar-refractivity contribution in [3.8, 4) is 0 Å². The maximum Gasteiger partial charge on any atom is 0.481 e. The number of aromatic nitrogens is 4. The summed E-state index contributed by atoms with van der Waals surface area (Å²) in [4.78, 5) is 50.2. The van der Waals surface area contributed by atoms with Crippen LogP contribution in [0.4, 0.5) is 5.82 Å². The van der Waals surface area contributed by atoms with Crippen LogP contribution in [0.25, 0.3) is 11.2 Å². The van der Waals surface area contributed by atoms with Crippen LogP contribution in [0.5, 0.6) is 0 Å². The fraction of sp³-hybridized carbons (Fsp3) is 0.706. The number of nitrogen functional groups attached to an aromatic ring is 1. The van der Waals surface area contributed by atoms with Gasteiger partial charge in [0.25, 0.3) is 0 Å². The summed E-state index contributed by atoms with van der Waals surface area (Å²) in [6, 6.07) is 0. The number of phosphoric acid groups is 3. The summed E-state index contributed by atoms with van der Waals surface area (Å²) < 4.78 is 61.1. The van der Waals surface area contributed by atoms with Crippen molar-refractivity contribution in [3.05, 3.63) is 12.7 Å². The largest absolute Gasteiger partial charge is 0.481 e. The highest BCUT2D eigenvalue weighted by Gasteiger charge is 2.50. The first-order valence-corrected chi connectivity index (χ1v) is 16.0. The molecule has 20 nitrogen and oxygen atoms in total. The molecule has 1 aliphatic carbocycles. The molecule has 0 radical (unpaired) electrons. The standard InChI is InChI=1S/C17H28N5O15P3/c1-7-2-8(12(24)11(7)23)3-33-39(29,30)37-40(31,32)34-4-9-14(36-38(26,27)28)13(25)17(35-9)22-6-21-10-15(18)19-5-20-16(10)22/h5-9,11-14,17,23-25H,2-4H2,1H3,(H,29,30)(H,31,32)(H2,18,19,20)(H2,26,27,28). The maximum absolute atomic E-state index is 12.4. The first-order chi connectivity index (χ1) is 18.5. The molecule has 10 unspecified atom stereocenters. The molecule has 23 heteroatoms. The highest BCUT2D eigenvalue weighted by molar-refractivity contribution is 7.61. The fourth-order valence-electron chi connectivity index (χ4n) is 4.50. The van der Waals surface area contributed by atoms with Gasteiger partial charge in [-0.2, -0.15) is 4.31 Å². The highest BCUT2D eigenvalue weighted by atomic mass is 31.3. The first-order valence-electron chi connectivity index (χ1n) is 11.5. The lowest BCUT2D eigenvalue weighted by molar-refractivity contribution is -0.0503. The predicted molar refractivity (Wildman–Crippen MR) is 128 cm³/mol. The van der Waals surface area contributed by atoms with Crippen molar-refractivity contribution in [3.63, 3.8) is 0 Å². The van der Waals surface area contributed by atoms with E-state index in [9.17, 15) is 48.6 Å². The second-order valence-corrected chi connectivity index (χ2v) is 13.5. The molecule has 10 atom stereocenters. The smallest absolute Gasteiger partial charge is 0.390 e. The van der Waals surface area contributed by atoms with Gasteiger partial charge in [-0.3, -0.25) is 18.1 Å². The quantitative estimate of drug-likeness (QED) is 0.134. The molecule has 3 heterocycles. The molecule has 0 amide bonds. The summed E-state index contributed by atoms with van der Waals surface area (Å²) >= 11 is 0. The number of imidazole rings is 1. The Morgan fingerprint density at radius 1 is 1.00 bits per heavy atom. The number of hydrogen-bond acceptors (Lipinski definition) is 15. The molecule has 0 aromatic carbocycles. The number of rotatable bonds is 11. The molecule has 2 aromatic heterocycles. The van der Waals surface area contributed by atoms with Crippen LogP contribution in [0.2, 0.25) is 0 Å². The minimum atomic E-state index is -5.41. The highest BCUT2D eigenvalue weighted by Crippen LogP contribution is 2.61. The molecule has 226 valence electrons. The van der Waals surface area contributed by atoms with Crippen LogP contribution in [-0.4, -0.2) is 98.1 Å². The van der Waals surface area contributed by atoms with Gasteiger partial charge in [0.05, 0.1) is 31.7 Å². The average Bonchev–Trinajstić information content (AvgIpc) is 3.47. The number of nitrogens with two attached hydrogens (primary N) is 1. The van der Waals surface area contributed by atoms with E-state index in [1.807, 2.05) is 0 Å². The minimum Gasteiger partial charge on any atom is -0.390 e. The van der Waals surface area contributed by atoms with Gasteiger partial charge in [0, 0.05) is 5.92 Å². The van der Waals surface area contributed by atoms with E-state index in [1.54, 1.807) is 6.92 Å². The van der Waals surface area contributed by atoms with Crippen molar-refractivity contribution in [2.45, 2.75) is 50.1 Å². The van der Waals surface area contributed by atoms with E-state index in [4.69, 9.17) is 10.5 Å². The number of anilines is 1. The van der Waals surface area contributed by atoms with Gasteiger partial charge in [-0.1, -0.05) is 6.92 Å². The van der Waals surface area contributed by atoms with Crippen molar-refractivity contribution in [1.82, 2.24) is 19.5 Å². The Labute approximate surface area is 225 Å². The van der Waals surface area contributed by atoms with Gasteiger partial charge >= 0.3 is 23.5 Å². The van der Waals surface area contributed by atoms with Crippen molar-refractivity contribution in [1.29, 1.82) is 0 Å². The molecule has 1 saturated heterocycles. The third-order valence-corrected chi connectivity index (χ3v) is 9.50. The van der Waals surface area contributed by atoms with Gasteiger partial charge in [0.1, 0.15) is 30.2 Å². The number of ether oxygens (including phenoxy) is 1. The van der Waals surface area contributed by atoms with E-state index >= 15 is 0 Å². The second-order valence-electron chi connectivity index (χ2n) is 9.26. The van der Waals surface area contributed by atoms with Crippen LogP contribution >= 0.6 is 23.5 Å². The van der Waals surface area contributed by atoms with Crippen molar-refractivity contribution in [2.24, 2.45) is 11.8 Å². The molecule has 1 aliphatic heterocycles. The van der Waals surface area contributed by atoms with Gasteiger partial charge in [-0.25, -0.2) is 28.6 Å². The van der Waals surface area contributed by atoms with Crippen LogP contribution in [0, 0.1) is 11.8 Å². The monoisotopic (exact) mass is 635 g/mol. The van der Waals surface area contributed by atoms with Gasteiger partial charge in [0.15, 0.2) is 17.7 Å². The minimum absolute atomic E-state index is 0.0127. The Balaban J connectivity index is 1.43. The molecule has 9 N–H and O–H groups in total. The van der Waals surface area contributed by atoms with Gasteiger partial charge < -0.3 is 45.4 Å². The van der Waals surface area contributed by atoms with Crippen LogP contribution in [0.3, 0.4) is 0 Å². The fourth-order valence-corrected chi connectivity index (χ4v) is 7.22. The normalized spacial score (nSPS) is 34.2. The van der Waals surface area contributed by atoms with Crippen molar-refractivity contribution >= 4 is 40.4 Å². The number of hydrogen-bond donors (Lipinski definition) is 8. The van der Waals surface area contributed by atoms with Crippen LogP contribution in [-0.2, 0) is 36.3 Å². The SMILES string of the molecule is CC1CC(COP(=O)(O)OP(=O)(O)OCC2OC(n3cnc4c(N)ncnc43)C(O)C2OP(=O)(O)O)C(O)C1O. The topological polar surface area (TPSA) is 309 Å². The molecule has 2 fully saturated rings. The molecule has 2 aliphatic rings. The Hall–Kier alpha value is -1.44. The van der Waals surface area contributed by atoms with E-state index in [2.05, 4.69) is 32.8 Å². The summed E-state index contributed by atoms with van der Waals surface area (Å²) in [6.45, 7) is 0.00899. The Kier molecular flexibility index (Phi) is 9.20. The molecule has 1 saturated carbocycles. The van der Waals surface area contributed by atoms with Crippen molar-refractivity contribution in [2.75, 3.05) is 18.9 Å². The number of phosphoric ester groups is 3. The summed E-state index contributed by atoms with van der Waals surface area (Å²) in [5, 5.41) is 30.5. The molecule has 2 aromatic rings. The van der Waals surface area contributed by atoms with Gasteiger partial charge in [-0.15, -0.1) is 0 Å². The number of aliphatic hydroxyl groups is 3. The van der Waals surface area contributed by atoms with E-state index in [0.717, 1.165) is 17.2 Å². The molecule has 0 bridgehead atoms. The van der Waals surface area contributed by atoms with Gasteiger partial charge in [-0.05, 0) is 12.3 Å². The molecule has 4 rings (SSSR count). The van der Waals surface area contributed by atoms with E-state index in [0.29, 0.717) is 0 Å². The molecular weight excluding hydrogens is 607 g/mol. The first kappa shape index (κ1) is 31.5. The lowest BCUT2D eigenvalue weighted by atomic mass is 10.1. The number of aliphatic hydroxyl groups excluding tert-OH is 3. The molecule has 0 spiro atoms. The Morgan fingerprint density at radius 3 is 2.25 bits per heavy atom. The number of fused-ring (bicyclic) bond motifs is 1. The van der Waals surface area contributed by atoms with Crippen LogP contribution in [0.15, 0.2) is 12.7 Å². The molecule has 40 heavy (non-hydrogen) atoms. The Morgan fingerprint density at radius 2 is 1.65 bits per heavy atom. The summed E-state index contributed by atoms with van der Waals surface area (Å²) in [5.74, 6) is -1.10. The van der Waals surface area contributed by atoms with E-state index in [1.165, 1.54) is 0 Å². The maximum atomic E-state index is 12.4. The van der Waals surface area contributed by atoms with Gasteiger partial charge in [0.2, 0.25) is 0 Å². The third kappa shape index (κ3) is 7.12. The summed E-state index contributed by atoms with van der Waals surface area (Å²) in [5.41, 5.74) is 5.92. The van der Waals surface area contributed by atoms with Crippen molar-refractivity contribution < 1.29 is 71.2 Å². The summed E-state index contributed by atoms with van der Waals surface area (Å²) in [6.07, 6.45) is -6.66. The number of nitrogens with zero attached hydrogens (tertiary/aromatic N) is 4. The lowest BCUT2D eigenvalue weighted by Gasteiger charge is -2.22.